The van der Waals surface area contributed by atoms with Crippen molar-refractivity contribution in [2.24, 2.45) is 0 Å². The van der Waals surface area contributed by atoms with Gasteiger partial charge in [-0.25, -0.2) is 18.7 Å². The quantitative estimate of drug-likeness (QED) is 0.351. The Labute approximate surface area is 186 Å². The molecule has 0 aliphatic rings. The predicted molar refractivity (Wildman–Crippen MR) is 118 cm³/mol. The first-order chi connectivity index (χ1) is 15.0. The van der Waals surface area contributed by atoms with Crippen molar-refractivity contribution in [3.05, 3.63) is 80.9 Å². The van der Waals surface area contributed by atoms with Gasteiger partial charge in [-0.3, -0.25) is 0 Å². The summed E-state index contributed by atoms with van der Waals surface area (Å²) in [6.45, 7) is 1.81. The van der Waals surface area contributed by atoms with Crippen LogP contribution in [-0.2, 0) is 6.42 Å². The minimum atomic E-state index is -0.260. The van der Waals surface area contributed by atoms with Gasteiger partial charge in [-0.1, -0.05) is 0 Å². The lowest BCUT2D eigenvalue weighted by Gasteiger charge is -1.96. The average Bonchev–Trinajstić information content (AvgIpc) is 3.45. The first-order valence-corrected chi connectivity index (χ1v) is 10.9. The number of rotatable bonds is 4. The van der Waals surface area contributed by atoms with E-state index >= 15 is 0 Å². The van der Waals surface area contributed by atoms with Crippen LogP contribution in [0.4, 0.5) is 8.78 Å². The minimum absolute atomic E-state index is 0.195. The molecule has 0 amide bonds. The molecule has 0 bridgehead atoms. The SMILES string of the molecule is CC(C#N)c1nc(-c2ccc(F)cc2)cs1.N#CCc1nc(-c2ccc(F)cc2)cs1. The van der Waals surface area contributed by atoms with Crippen LogP contribution in [-0.4, -0.2) is 9.97 Å². The number of thiazole rings is 2. The van der Waals surface area contributed by atoms with E-state index in [-0.39, 0.29) is 17.6 Å². The molecular weight excluding hydrogens is 434 g/mol. The summed E-state index contributed by atoms with van der Waals surface area (Å²) in [6, 6.07) is 16.5. The van der Waals surface area contributed by atoms with E-state index in [4.69, 9.17) is 10.5 Å². The van der Waals surface area contributed by atoms with Crippen molar-refractivity contribution in [1.82, 2.24) is 9.97 Å². The summed E-state index contributed by atoms with van der Waals surface area (Å²) in [5.41, 5.74) is 3.33. The second-order valence-electron chi connectivity index (χ2n) is 6.40. The van der Waals surface area contributed by atoms with Gasteiger partial charge in [0.25, 0.3) is 0 Å². The third-order valence-electron chi connectivity index (χ3n) is 4.15. The molecule has 1 atom stereocenters. The van der Waals surface area contributed by atoms with E-state index in [0.29, 0.717) is 6.42 Å². The van der Waals surface area contributed by atoms with E-state index < -0.39 is 0 Å². The van der Waals surface area contributed by atoms with E-state index in [2.05, 4.69) is 16.0 Å². The lowest BCUT2D eigenvalue weighted by Crippen LogP contribution is -1.88. The van der Waals surface area contributed by atoms with E-state index in [0.717, 1.165) is 32.5 Å². The molecule has 0 fully saturated rings. The average molecular weight is 451 g/mol. The van der Waals surface area contributed by atoms with Crippen LogP contribution in [0.15, 0.2) is 59.3 Å². The second-order valence-corrected chi connectivity index (χ2v) is 8.23. The highest BCUT2D eigenvalue weighted by Crippen LogP contribution is 2.26. The molecule has 0 aliphatic carbocycles. The summed E-state index contributed by atoms with van der Waals surface area (Å²) in [5, 5.41) is 22.6. The highest BCUT2D eigenvalue weighted by atomic mass is 32.1. The van der Waals surface area contributed by atoms with Crippen LogP contribution >= 0.6 is 22.7 Å². The van der Waals surface area contributed by atoms with E-state index in [1.54, 1.807) is 24.3 Å². The molecule has 0 spiro atoms. The Morgan fingerprint density at radius 2 is 1.35 bits per heavy atom. The van der Waals surface area contributed by atoms with Gasteiger partial charge < -0.3 is 0 Å². The molecule has 4 nitrogen and oxygen atoms in total. The van der Waals surface area contributed by atoms with Crippen LogP contribution in [0.25, 0.3) is 22.5 Å². The van der Waals surface area contributed by atoms with Crippen LogP contribution in [0, 0.1) is 34.3 Å². The van der Waals surface area contributed by atoms with E-state index in [9.17, 15) is 8.78 Å². The first-order valence-electron chi connectivity index (χ1n) is 9.18. The van der Waals surface area contributed by atoms with Gasteiger partial charge in [-0.05, 0) is 55.5 Å². The van der Waals surface area contributed by atoms with Crippen molar-refractivity contribution >= 4 is 22.7 Å². The van der Waals surface area contributed by atoms with Crippen molar-refractivity contribution in [3.63, 3.8) is 0 Å². The van der Waals surface area contributed by atoms with Crippen molar-refractivity contribution in [2.45, 2.75) is 19.3 Å². The molecule has 31 heavy (non-hydrogen) atoms. The van der Waals surface area contributed by atoms with E-state index in [1.165, 1.54) is 46.9 Å². The maximum Gasteiger partial charge on any atom is 0.123 e. The Morgan fingerprint density at radius 1 is 0.839 bits per heavy atom. The molecule has 2 heterocycles. The number of hydrogen-bond acceptors (Lipinski definition) is 6. The van der Waals surface area contributed by atoms with Crippen LogP contribution in [0.5, 0.6) is 0 Å². The monoisotopic (exact) mass is 450 g/mol. The van der Waals surface area contributed by atoms with Gasteiger partial charge in [0.1, 0.15) is 21.6 Å². The molecule has 4 rings (SSSR count). The lowest BCUT2D eigenvalue weighted by atomic mass is 10.2. The Morgan fingerprint density at radius 3 is 1.87 bits per heavy atom. The van der Waals surface area contributed by atoms with Gasteiger partial charge in [0.2, 0.25) is 0 Å². The summed E-state index contributed by atoms with van der Waals surface area (Å²) in [4.78, 5) is 8.63. The largest absolute Gasteiger partial charge is 0.240 e. The molecule has 0 aliphatic heterocycles. The third kappa shape index (κ3) is 6.02. The molecule has 0 saturated carbocycles. The topological polar surface area (TPSA) is 73.4 Å². The van der Waals surface area contributed by atoms with Crippen molar-refractivity contribution in [2.75, 3.05) is 0 Å². The first kappa shape index (κ1) is 22.2. The molecule has 4 aromatic rings. The maximum absolute atomic E-state index is 12.7. The molecule has 8 heteroatoms. The molecule has 154 valence electrons. The fourth-order valence-corrected chi connectivity index (χ4v) is 4.07. The zero-order chi connectivity index (χ0) is 22.2. The van der Waals surface area contributed by atoms with Gasteiger partial charge >= 0.3 is 0 Å². The van der Waals surface area contributed by atoms with Crippen molar-refractivity contribution in [3.8, 4) is 34.7 Å². The van der Waals surface area contributed by atoms with Crippen molar-refractivity contribution < 1.29 is 8.78 Å². The van der Waals surface area contributed by atoms with Crippen molar-refractivity contribution in [1.29, 1.82) is 10.5 Å². The number of nitrogens with zero attached hydrogens (tertiary/aromatic N) is 4. The Hall–Kier alpha value is -3.46. The van der Waals surface area contributed by atoms with Gasteiger partial charge in [0.05, 0.1) is 35.9 Å². The molecule has 0 saturated heterocycles. The molecular formula is C23H16F2N4S2. The molecule has 2 aromatic heterocycles. The summed E-state index contributed by atoms with van der Waals surface area (Å²) in [5.74, 6) is -0.713. The highest BCUT2D eigenvalue weighted by molar-refractivity contribution is 7.10. The number of halogens is 2. The standard InChI is InChI=1S/C12H9FN2S.C11H7FN2S/c1-8(6-14)12-15-11(7-16-12)9-2-4-10(13)5-3-9;12-9-3-1-8(2-4-9)10-7-15-11(14-10)5-6-13/h2-5,7-8H,1H3;1-4,7H,5H2. The zero-order valence-corrected chi connectivity index (χ0v) is 18.1. The summed E-state index contributed by atoms with van der Waals surface area (Å²) < 4.78 is 25.4. The normalized spacial score (nSPS) is 11.0. The smallest absolute Gasteiger partial charge is 0.123 e. The minimum Gasteiger partial charge on any atom is -0.240 e. The van der Waals surface area contributed by atoms with Crippen LogP contribution in [0.1, 0.15) is 22.9 Å². The Balaban J connectivity index is 0.000000176. The van der Waals surface area contributed by atoms with E-state index in [1.807, 2.05) is 23.8 Å². The van der Waals surface area contributed by atoms with Crippen LogP contribution in [0.2, 0.25) is 0 Å². The lowest BCUT2D eigenvalue weighted by molar-refractivity contribution is 0.627. The molecule has 2 aromatic carbocycles. The summed E-state index contributed by atoms with van der Waals surface area (Å²) in [6.07, 6.45) is 0.325. The van der Waals surface area contributed by atoms with Crippen LogP contribution < -0.4 is 0 Å². The van der Waals surface area contributed by atoms with Gasteiger partial charge in [-0.15, -0.1) is 22.7 Å². The molecule has 0 radical (unpaired) electrons. The third-order valence-corrected chi connectivity index (χ3v) is 6.02. The number of aromatic nitrogens is 2. The fourth-order valence-electron chi connectivity index (χ4n) is 2.51. The van der Waals surface area contributed by atoms with Gasteiger partial charge in [0.15, 0.2) is 0 Å². The molecule has 1 unspecified atom stereocenters. The Bertz CT molecular complexity index is 1220. The van der Waals surface area contributed by atoms with Gasteiger partial charge in [0, 0.05) is 21.9 Å². The zero-order valence-electron chi connectivity index (χ0n) is 16.4. The van der Waals surface area contributed by atoms with Gasteiger partial charge in [-0.2, -0.15) is 10.5 Å². The second kappa shape index (κ2) is 10.5. The van der Waals surface area contributed by atoms with Crippen LogP contribution in [0.3, 0.4) is 0 Å². The Kier molecular flexibility index (Phi) is 7.55. The fraction of sp³-hybridized carbons (Fsp3) is 0.130. The summed E-state index contributed by atoms with van der Waals surface area (Å²) in [7, 11) is 0. The molecule has 0 N–H and O–H groups in total. The highest BCUT2D eigenvalue weighted by Gasteiger charge is 2.10. The number of benzene rings is 2. The maximum atomic E-state index is 12.7. The number of nitriles is 2. The number of hydrogen-bond donors (Lipinski definition) is 0. The predicted octanol–water partition coefficient (Wildman–Crippen LogP) is 6.59. The summed E-state index contributed by atoms with van der Waals surface area (Å²) >= 11 is 2.90.